The van der Waals surface area contributed by atoms with Crippen molar-refractivity contribution in [1.29, 1.82) is 0 Å². The van der Waals surface area contributed by atoms with Crippen LogP contribution in [0, 0.1) is 6.92 Å². The molecule has 0 aliphatic heterocycles. The van der Waals surface area contributed by atoms with Crippen LogP contribution in [0.2, 0.25) is 5.02 Å². The Morgan fingerprint density at radius 3 is 2.39 bits per heavy atom. The lowest BCUT2D eigenvalue weighted by Crippen LogP contribution is -2.50. The van der Waals surface area contributed by atoms with Gasteiger partial charge in [0, 0.05) is 24.0 Å². The van der Waals surface area contributed by atoms with Gasteiger partial charge in [0.1, 0.15) is 11.8 Å². The average molecular weight is 471 g/mol. The molecule has 1 N–H and O–H groups in total. The number of amides is 2. The van der Waals surface area contributed by atoms with Gasteiger partial charge in [-0.25, -0.2) is 0 Å². The smallest absolute Gasteiger partial charge is 0.243 e. The number of hydrogen-bond acceptors (Lipinski definition) is 3. The van der Waals surface area contributed by atoms with Gasteiger partial charge in [-0.15, -0.1) is 0 Å². The molecule has 178 valence electrons. The topological polar surface area (TPSA) is 58.6 Å². The maximum atomic E-state index is 13.3. The van der Waals surface area contributed by atoms with E-state index in [2.05, 4.69) is 5.32 Å². The van der Waals surface area contributed by atoms with Crippen LogP contribution in [0.1, 0.15) is 63.0 Å². The molecule has 2 aromatic carbocycles. The van der Waals surface area contributed by atoms with Gasteiger partial charge in [0.05, 0.1) is 6.61 Å². The second-order valence-corrected chi connectivity index (χ2v) is 9.26. The van der Waals surface area contributed by atoms with Crippen molar-refractivity contribution in [2.45, 2.75) is 77.4 Å². The van der Waals surface area contributed by atoms with E-state index in [-0.39, 0.29) is 17.9 Å². The van der Waals surface area contributed by atoms with Gasteiger partial charge in [-0.05, 0) is 62.4 Å². The molecule has 0 saturated heterocycles. The lowest BCUT2D eigenvalue weighted by atomic mass is 10.1. The summed E-state index contributed by atoms with van der Waals surface area (Å²) in [6.45, 7) is 4.83. The number of carbonyl (C=O) groups excluding carboxylic acids is 2. The highest BCUT2D eigenvalue weighted by atomic mass is 35.5. The Labute approximate surface area is 202 Å². The Bertz CT molecular complexity index is 893. The molecule has 5 nitrogen and oxygen atoms in total. The number of benzene rings is 2. The van der Waals surface area contributed by atoms with Gasteiger partial charge in [-0.2, -0.15) is 0 Å². The number of carbonyl (C=O) groups is 2. The highest BCUT2D eigenvalue weighted by molar-refractivity contribution is 6.30. The fourth-order valence-electron chi connectivity index (χ4n) is 4.27. The van der Waals surface area contributed by atoms with E-state index in [1.54, 1.807) is 4.90 Å². The lowest BCUT2D eigenvalue weighted by molar-refractivity contribution is -0.141. The first-order chi connectivity index (χ1) is 16.0. The van der Waals surface area contributed by atoms with E-state index >= 15 is 0 Å². The molecule has 0 spiro atoms. The molecule has 0 heterocycles. The summed E-state index contributed by atoms with van der Waals surface area (Å²) in [4.78, 5) is 28.1. The first-order valence-electron chi connectivity index (χ1n) is 12.0. The second kappa shape index (κ2) is 12.6. The second-order valence-electron chi connectivity index (χ2n) is 8.83. The molecule has 0 aromatic heterocycles. The predicted octanol–water partition coefficient (Wildman–Crippen LogP) is 5.67. The van der Waals surface area contributed by atoms with Crippen LogP contribution in [-0.2, 0) is 16.1 Å². The monoisotopic (exact) mass is 470 g/mol. The van der Waals surface area contributed by atoms with E-state index in [0.29, 0.717) is 37.4 Å². The Morgan fingerprint density at radius 2 is 1.76 bits per heavy atom. The third-order valence-electron chi connectivity index (χ3n) is 6.18. The third-order valence-corrected chi connectivity index (χ3v) is 6.43. The van der Waals surface area contributed by atoms with Crippen LogP contribution in [0.15, 0.2) is 48.5 Å². The largest absolute Gasteiger partial charge is 0.494 e. The van der Waals surface area contributed by atoms with Crippen molar-refractivity contribution in [1.82, 2.24) is 10.2 Å². The summed E-state index contributed by atoms with van der Waals surface area (Å²) in [6.07, 6.45) is 5.81. The number of halogens is 1. The molecule has 2 aromatic rings. The molecule has 1 aliphatic rings. The lowest BCUT2D eigenvalue weighted by Gasteiger charge is -2.31. The van der Waals surface area contributed by atoms with Gasteiger partial charge in [-0.3, -0.25) is 9.59 Å². The van der Waals surface area contributed by atoms with Crippen LogP contribution in [0.25, 0.3) is 0 Å². The molecule has 1 atom stereocenters. The zero-order valence-electron chi connectivity index (χ0n) is 19.7. The normalized spacial score (nSPS) is 14.6. The van der Waals surface area contributed by atoms with Crippen LogP contribution in [0.3, 0.4) is 0 Å². The summed E-state index contributed by atoms with van der Waals surface area (Å²) >= 11 is 6.03. The minimum atomic E-state index is -0.494. The number of nitrogens with zero attached hydrogens (tertiary/aromatic N) is 1. The molecule has 0 radical (unpaired) electrons. The standard InChI is InChI=1S/C27H35ClN2O3/c1-3-25(27(32)29-23-7-4-5-8-23)30(19-21-12-14-22(28)15-13-21)26(31)9-6-18-33-24-16-10-20(2)11-17-24/h10-17,23,25H,3-9,18-19H2,1-2H3,(H,29,32)/t25-/m1/s1. The van der Waals surface area contributed by atoms with Crippen molar-refractivity contribution in [3.8, 4) is 5.75 Å². The van der Waals surface area contributed by atoms with Crippen LogP contribution in [0.4, 0.5) is 0 Å². The Kier molecular flexibility index (Phi) is 9.61. The summed E-state index contributed by atoms with van der Waals surface area (Å²) < 4.78 is 5.78. The fourth-order valence-corrected chi connectivity index (χ4v) is 4.39. The molecule has 1 fully saturated rings. The van der Waals surface area contributed by atoms with Crippen LogP contribution in [0.5, 0.6) is 5.75 Å². The van der Waals surface area contributed by atoms with Crippen LogP contribution < -0.4 is 10.1 Å². The molecule has 1 saturated carbocycles. The van der Waals surface area contributed by atoms with Crippen LogP contribution >= 0.6 is 11.6 Å². The summed E-state index contributed by atoms with van der Waals surface area (Å²) in [5.74, 6) is 0.710. The summed E-state index contributed by atoms with van der Waals surface area (Å²) in [5, 5.41) is 3.82. The van der Waals surface area contributed by atoms with Crippen molar-refractivity contribution < 1.29 is 14.3 Å². The molecule has 33 heavy (non-hydrogen) atoms. The number of rotatable bonds is 11. The van der Waals surface area contributed by atoms with Gasteiger partial charge >= 0.3 is 0 Å². The molecule has 0 bridgehead atoms. The molecule has 6 heteroatoms. The van der Waals surface area contributed by atoms with Crippen LogP contribution in [-0.4, -0.2) is 35.4 Å². The van der Waals surface area contributed by atoms with E-state index in [9.17, 15) is 9.59 Å². The van der Waals surface area contributed by atoms with Crippen molar-refractivity contribution in [2.75, 3.05) is 6.61 Å². The summed E-state index contributed by atoms with van der Waals surface area (Å²) in [5.41, 5.74) is 2.13. The highest BCUT2D eigenvalue weighted by Crippen LogP contribution is 2.20. The SMILES string of the molecule is CC[C@H](C(=O)NC1CCCC1)N(Cc1ccc(Cl)cc1)C(=O)CCCOc1ccc(C)cc1. The van der Waals surface area contributed by atoms with E-state index < -0.39 is 6.04 Å². The van der Waals surface area contributed by atoms with Crippen molar-refractivity contribution in [3.63, 3.8) is 0 Å². The molecular weight excluding hydrogens is 436 g/mol. The Hall–Kier alpha value is -2.53. The molecule has 0 unspecified atom stereocenters. The van der Waals surface area contributed by atoms with Gasteiger partial charge in [-0.1, -0.05) is 61.2 Å². The van der Waals surface area contributed by atoms with Gasteiger partial charge in [0.15, 0.2) is 0 Å². The first kappa shape index (κ1) is 25.1. The first-order valence-corrected chi connectivity index (χ1v) is 12.4. The quantitative estimate of drug-likeness (QED) is 0.430. The summed E-state index contributed by atoms with van der Waals surface area (Å²) in [6, 6.07) is 15.0. The zero-order chi connectivity index (χ0) is 23.6. The predicted molar refractivity (Wildman–Crippen MR) is 132 cm³/mol. The fraction of sp³-hybridized carbons (Fsp3) is 0.481. The average Bonchev–Trinajstić information content (AvgIpc) is 3.32. The van der Waals surface area contributed by atoms with E-state index in [1.807, 2.05) is 62.4 Å². The maximum Gasteiger partial charge on any atom is 0.243 e. The van der Waals surface area contributed by atoms with Crippen molar-refractivity contribution in [3.05, 3.63) is 64.7 Å². The Morgan fingerprint density at radius 1 is 1.09 bits per heavy atom. The Balaban J connectivity index is 1.63. The van der Waals surface area contributed by atoms with E-state index in [0.717, 1.165) is 37.0 Å². The molecule has 3 rings (SSSR count). The minimum Gasteiger partial charge on any atom is -0.494 e. The maximum absolute atomic E-state index is 13.3. The third kappa shape index (κ3) is 7.78. The number of hydrogen-bond donors (Lipinski definition) is 1. The minimum absolute atomic E-state index is 0.0362. The molecule has 2 amide bonds. The highest BCUT2D eigenvalue weighted by Gasteiger charge is 2.30. The number of aryl methyl sites for hydroxylation is 1. The van der Waals surface area contributed by atoms with E-state index in [4.69, 9.17) is 16.3 Å². The van der Waals surface area contributed by atoms with Crippen molar-refractivity contribution in [2.24, 2.45) is 0 Å². The molecular formula is C27H35ClN2O3. The van der Waals surface area contributed by atoms with Gasteiger partial charge in [0.25, 0.3) is 0 Å². The van der Waals surface area contributed by atoms with Gasteiger partial charge in [0.2, 0.25) is 11.8 Å². The van der Waals surface area contributed by atoms with Crippen molar-refractivity contribution >= 4 is 23.4 Å². The number of ether oxygens (including phenoxy) is 1. The molecule has 1 aliphatic carbocycles. The summed E-state index contributed by atoms with van der Waals surface area (Å²) in [7, 11) is 0. The van der Waals surface area contributed by atoms with Gasteiger partial charge < -0.3 is 15.0 Å². The zero-order valence-corrected chi connectivity index (χ0v) is 20.4. The number of nitrogens with one attached hydrogen (secondary N) is 1. The van der Waals surface area contributed by atoms with E-state index in [1.165, 1.54) is 5.56 Å².